The van der Waals surface area contributed by atoms with Crippen LogP contribution in [0.5, 0.6) is 0 Å². The summed E-state index contributed by atoms with van der Waals surface area (Å²) in [5.41, 5.74) is 1.72. The molecule has 1 fully saturated rings. The maximum Gasteiger partial charge on any atom is 0.238 e. The Kier molecular flexibility index (Phi) is 4.50. The highest BCUT2D eigenvalue weighted by molar-refractivity contribution is 9.10. The molecule has 108 valence electrons. The number of anilines is 1. The van der Waals surface area contributed by atoms with E-state index in [-0.39, 0.29) is 11.3 Å². The average molecular weight is 403 g/mol. The second kappa shape index (κ2) is 6.21. The molecule has 0 spiro atoms. The lowest BCUT2D eigenvalue weighted by atomic mass is 10.2. The first-order chi connectivity index (χ1) is 10.1. The van der Waals surface area contributed by atoms with Gasteiger partial charge in [0.15, 0.2) is 0 Å². The molecule has 2 aromatic rings. The van der Waals surface area contributed by atoms with Crippen molar-refractivity contribution in [3.8, 4) is 0 Å². The minimum atomic E-state index is -0.148. The molecule has 1 aliphatic heterocycles. The third kappa shape index (κ3) is 2.95. The Labute approximate surface area is 145 Å². The van der Waals surface area contributed by atoms with E-state index in [2.05, 4.69) is 15.9 Å². The number of hydrogen-bond acceptors (Lipinski definition) is 2. The molecule has 1 heterocycles. The van der Waals surface area contributed by atoms with Crippen LogP contribution in [0.4, 0.5) is 5.69 Å². The van der Waals surface area contributed by atoms with Crippen LogP contribution in [0.15, 0.2) is 46.9 Å². The summed E-state index contributed by atoms with van der Waals surface area (Å²) in [4.78, 5) is 14.0. The SMILES string of the molecule is O=C1CS[C@@H](c2cccc(Cl)c2Cl)N1c1ccc(Br)cc1. The van der Waals surface area contributed by atoms with Crippen LogP contribution >= 0.6 is 50.9 Å². The van der Waals surface area contributed by atoms with Crippen molar-refractivity contribution in [3.63, 3.8) is 0 Å². The van der Waals surface area contributed by atoms with Gasteiger partial charge in [-0.15, -0.1) is 11.8 Å². The number of benzene rings is 2. The van der Waals surface area contributed by atoms with E-state index in [1.165, 1.54) is 0 Å². The summed E-state index contributed by atoms with van der Waals surface area (Å²) in [5, 5.41) is 0.864. The van der Waals surface area contributed by atoms with Gasteiger partial charge in [0.2, 0.25) is 5.91 Å². The van der Waals surface area contributed by atoms with Crippen molar-refractivity contribution in [2.24, 2.45) is 0 Å². The zero-order valence-electron chi connectivity index (χ0n) is 10.7. The van der Waals surface area contributed by atoms with Gasteiger partial charge >= 0.3 is 0 Å². The normalized spacial score (nSPS) is 18.3. The molecule has 0 N–H and O–H groups in total. The smallest absolute Gasteiger partial charge is 0.238 e. The van der Waals surface area contributed by atoms with Gasteiger partial charge < -0.3 is 0 Å². The molecule has 1 amide bonds. The van der Waals surface area contributed by atoms with Crippen LogP contribution in [0.25, 0.3) is 0 Å². The van der Waals surface area contributed by atoms with Gasteiger partial charge in [-0.1, -0.05) is 51.3 Å². The molecule has 6 heteroatoms. The Bertz CT molecular complexity index is 693. The van der Waals surface area contributed by atoms with Crippen molar-refractivity contribution < 1.29 is 4.79 Å². The van der Waals surface area contributed by atoms with Crippen molar-refractivity contribution in [1.82, 2.24) is 0 Å². The minimum Gasteiger partial charge on any atom is -0.295 e. The second-order valence-corrected chi connectivity index (χ2v) is 7.32. The van der Waals surface area contributed by atoms with Crippen LogP contribution in [0.1, 0.15) is 10.9 Å². The highest BCUT2D eigenvalue weighted by Crippen LogP contribution is 2.45. The van der Waals surface area contributed by atoms with Crippen LogP contribution in [-0.2, 0) is 4.79 Å². The van der Waals surface area contributed by atoms with E-state index in [0.717, 1.165) is 15.7 Å². The second-order valence-electron chi connectivity index (χ2n) is 4.55. The van der Waals surface area contributed by atoms with Crippen LogP contribution in [-0.4, -0.2) is 11.7 Å². The van der Waals surface area contributed by atoms with Crippen molar-refractivity contribution in [2.45, 2.75) is 5.37 Å². The topological polar surface area (TPSA) is 20.3 Å². The van der Waals surface area contributed by atoms with Gasteiger partial charge in [0, 0.05) is 15.7 Å². The molecular weight excluding hydrogens is 393 g/mol. The van der Waals surface area contributed by atoms with Crippen LogP contribution in [0.3, 0.4) is 0 Å². The summed E-state index contributed by atoms with van der Waals surface area (Å²) >= 11 is 17.4. The molecule has 1 aliphatic rings. The molecule has 0 bridgehead atoms. The molecule has 0 radical (unpaired) electrons. The van der Waals surface area contributed by atoms with Crippen LogP contribution in [0, 0.1) is 0 Å². The third-order valence-electron chi connectivity index (χ3n) is 3.22. The first-order valence-corrected chi connectivity index (χ1v) is 8.81. The van der Waals surface area contributed by atoms with Gasteiger partial charge in [0.25, 0.3) is 0 Å². The van der Waals surface area contributed by atoms with E-state index < -0.39 is 0 Å². The van der Waals surface area contributed by atoms with Crippen molar-refractivity contribution in [1.29, 1.82) is 0 Å². The number of rotatable bonds is 2. The molecule has 2 nitrogen and oxygen atoms in total. The molecule has 1 saturated heterocycles. The number of carbonyl (C=O) groups excluding carboxylic acids is 1. The maximum absolute atomic E-state index is 12.3. The van der Waals surface area contributed by atoms with E-state index in [1.807, 2.05) is 36.4 Å². The fourth-order valence-electron chi connectivity index (χ4n) is 2.25. The molecule has 2 aromatic carbocycles. The largest absolute Gasteiger partial charge is 0.295 e. The Morgan fingerprint density at radius 3 is 2.57 bits per heavy atom. The van der Waals surface area contributed by atoms with Crippen molar-refractivity contribution in [3.05, 3.63) is 62.5 Å². The fraction of sp³-hybridized carbons (Fsp3) is 0.133. The summed E-state index contributed by atoms with van der Waals surface area (Å²) in [5.74, 6) is 0.507. The number of hydrogen-bond donors (Lipinski definition) is 0. The number of thioether (sulfide) groups is 1. The predicted molar refractivity (Wildman–Crippen MR) is 93.3 cm³/mol. The Morgan fingerprint density at radius 1 is 1.14 bits per heavy atom. The third-order valence-corrected chi connectivity index (χ3v) is 5.78. The Morgan fingerprint density at radius 2 is 1.86 bits per heavy atom. The van der Waals surface area contributed by atoms with E-state index in [9.17, 15) is 4.79 Å². The van der Waals surface area contributed by atoms with Gasteiger partial charge in [-0.3, -0.25) is 9.69 Å². The molecule has 0 aromatic heterocycles. The monoisotopic (exact) mass is 401 g/mol. The van der Waals surface area contributed by atoms with Gasteiger partial charge in [-0.05, 0) is 30.3 Å². The predicted octanol–water partition coefficient (Wildman–Crippen LogP) is 5.53. The lowest BCUT2D eigenvalue weighted by Crippen LogP contribution is -2.27. The quantitative estimate of drug-likeness (QED) is 0.657. The molecular formula is C15H10BrCl2NOS. The van der Waals surface area contributed by atoms with Crippen LogP contribution < -0.4 is 4.90 Å². The number of nitrogens with zero attached hydrogens (tertiary/aromatic N) is 1. The van der Waals surface area contributed by atoms with Gasteiger partial charge in [0.1, 0.15) is 5.37 Å². The lowest BCUT2D eigenvalue weighted by molar-refractivity contribution is -0.115. The molecule has 0 aliphatic carbocycles. The summed E-state index contributed by atoms with van der Waals surface area (Å²) in [7, 11) is 0. The number of carbonyl (C=O) groups is 1. The van der Waals surface area contributed by atoms with E-state index in [0.29, 0.717) is 15.8 Å². The highest BCUT2D eigenvalue weighted by Gasteiger charge is 2.35. The highest BCUT2D eigenvalue weighted by atomic mass is 79.9. The molecule has 3 rings (SSSR count). The van der Waals surface area contributed by atoms with Gasteiger partial charge in [-0.2, -0.15) is 0 Å². The molecule has 1 atom stereocenters. The van der Waals surface area contributed by atoms with E-state index in [4.69, 9.17) is 23.2 Å². The number of halogens is 3. The molecule has 0 saturated carbocycles. The van der Waals surface area contributed by atoms with Crippen molar-refractivity contribution in [2.75, 3.05) is 10.7 Å². The zero-order chi connectivity index (χ0) is 15.0. The average Bonchev–Trinajstić information content (AvgIpc) is 2.85. The fourth-order valence-corrected chi connectivity index (χ4v) is 4.19. The maximum atomic E-state index is 12.3. The Hall–Kier alpha value is -0.680. The molecule has 0 unspecified atom stereocenters. The van der Waals surface area contributed by atoms with Crippen LogP contribution in [0.2, 0.25) is 10.0 Å². The summed E-state index contributed by atoms with van der Waals surface area (Å²) in [6, 6.07) is 13.2. The van der Waals surface area contributed by atoms with Gasteiger partial charge in [-0.25, -0.2) is 0 Å². The summed E-state index contributed by atoms with van der Waals surface area (Å²) < 4.78 is 0.975. The molecule has 21 heavy (non-hydrogen) atoms. The first kappa shape index (κ1) is 15.2. The summed E-state index contributed by atoms with van der Waals surface area (Å²) in [6.07, 6.45) is 0. The lowest BCUT2D eigenvalue weighted by Gasteiger charge is -2.25. The Balaban J connectivity index is 2.03. The first-order valence-electron chi connectivity index (χ1n) is 6.21. The standard InChI is InChI=1S/C15H10BrCl2NOS/c16-9-4-6-10(7-5-9)19-13(20)8-21-15(19)11-2-1-3-12(17)14(11)18/h1-7,15H,8H2/t15-/m0/s1. The van der Waals surface area contributed by atoms with Crippen molar-refractivity contribution >= 4 is 62.5 Å². The number of amides is 1. The summed E-state index contributed by atoms with van der Waals surface area (Å²) in [6.45, 7) is 0. The van der Waals surface area contributed by atoms with E-state index in [1.54, 1.807) is 22.7 Å². The van der Waals surface area contributed by atoms with Gasteiger partial charge in [0.05, 0.1) is 15.8 Å². The zero-order valence-corrected chi connectivity index (χ0v) is 14.6. The minimum absolute atomic E-state index is 0.0726. The van der Waals surface area contributed by atoms with E-state index >= 15 is 0 Å².